The van der Waals surface area contributed by atoms with Crippen molar-refractivity contribution in [2.75, 3.05) is 19.4 Å². The normalized spacial score (nSPS) is 16.4. The van der Waals surface area contributed by atoms with Crippen LogP contribution < -0.4 is 14.8 Å². The predicted octanol–water partition coefficient (Wildman–Crippen LogP) is 2.07. The first-order chi connectivity index (χ1) is 11.5. The van der Waals surface area contributed by atoms with E-state index in [-0.39, 0.29) is 24.2 Å². The molecule has 6 nitrogen and oxygen atoms in total. The fourth-order valence-corrected chi connectivity index (χ4v) is 4.11. The summed E-state index contributed by atoms with van der Waals surface area (Å²) in [6.45, 7) is 0.0814. The standard InChI is InChI=1S/C17H26N2O4S/c1-23-16-10-6-7-14(13-16)17(20)18-11-12-24(21,22)19-15-8-4-2-3-5-9-15/h6-7,10,13,15,19H,2-5,8-9,11-12H2,1H3,(H,18,20). The van der Waals surface area contributed by atoms with Crippen LogP contribution in [0.1, 0.15) is 48.9 Å². The molecule has 0 unspecified atom stereocenters. The lowest BCUT2D eigenvalue weighted by Gasteiger charge is -2.16. The minimum atomic E-state index is -3.38. The lowest BCUT2D eigenvalue weighted by atomic mass is 10.1. The first-order valence-corrected chi connectivity index (χ1v) is 10.1. The Morgan fingerprint density at radius 1 is 1.21 bits per heavy atom. The fraction of sp³-hybridized carbons (Fsp3) is 0.588. The van der Waals surface area contributed by atoms with Crippen molar-refractivity contribution in [3.05, 3.63) is 29.8 Å². The number of hydrogen-bond donors (Lipinski definition) is 2. The summed E-state index contributed by atoms with van der Waals surface area (Å²) in [6.07, 6.45) is 6.29. The van der Waals surface area contributed by atoms with E-state index in [9.17, 15) is 13.2 Å². The predicted molar refractivity (Wildman–Crippen MR) is 93.7 cm³/mol. The highest BCUT2D eigenvalue weighted by molar-refractivity contribution is 7.89. The Morgan fingerprint density at radius 3 is 2.58 bits per heavy atom. The Labute approximate surface area is 144 Å². The molecule has 2 N–H and O–H groups in total. The Hall–Kier alpha value is -1.60. The number of hydrogen-bond acceptors (Lipinski definition) is 4. The molecule has 0 aliphatic heterocycles. The minimum Gasteiger partial charge on any atom is -0.497 e. The van der Waals surface area contributed by atoms with Crippen LogP contribution in [0.15, 0.2) is 24.3 Å². The SMILES string of the molecule is COc1cccc(C(=O)NCCS(=O)(=O)NC2CCCCCC2)c1. The lowest BCUT2D eigenvalue weighted by molar-refractivity contribution is 0.0956. The van der Waals surface area contributed by atoms with E-state index in [1.807, 2.05) is 0 Å². The highest BCUT2D eigenvalue weighted by atomic mass is 32.2. The minimum absolute atomic E-state index is 0.0339. The summed E-state index contributed by atoms with van der Waals surface area (Å²) in [5.74, 6) is 0.169. The molecule has 2 rings (SSSR count). The molecule has 0 spiro atoms. The molecule has 1 amide bonds. The van der Waals surface area contributed by atoms with Crippen LogP contribution >= 0.6 is 0 Å². The van der Waals surface area contributed by atoms with E-state index in [4.69, 9.17) is 4.74 Å². The molecule has 1 aliphatic carbocycles. The summed E-state index contributed by atoms with van der Waals surface area (Å²) >= 11 is 0. The molecule has 7 heteroatoms. The molecule has 1 saturated carbocycles. The molecule has 0 radical (unpaired) electrons. The number of benzene rings is 1. The zero-order chi connectivity index (χ0) is 17.4. The van der Waals surface area contributed by atoms with Crippen molar-refractivity contribution in [1.82, 2.24) is 10.0 Å². The highest BCUT2D eigenvalue weighted by Crippen LogP contribution is 2.17. The van der Waals surface area contributed by atoms with E-state index in [1.54, 1.807) is 24.3 Å². The number of methoxy groups -OCH3 is 1. The molecule has 1 fully saturated rings. The molecule has 1 aliphatic rings. The van der Waals surface area contributed by atoms with Crippen molar-refractivity contribution in [1.29, 1.82) is 0 Å². The van der Waals surface area contributed by atoms with Gasteiger partial charge in [0, 0.05) is 18.2 Å². The van der Waals surface area contributed by atoms with Gasteiger partial charge in [0.25, 0.3) is 5.91 Å². The van der Waals surface area contributed by atoms with Crippen LogP contribution in [0.25, 0.3) is 0 Å². The summed E-state index contributed by atoms with van der Waals surface area (Å²) in [5.41, 5.74) is 0.448. The summed E-state index contributed by atoms with van der Waals surface area (Å²) in [7, 11) is -1.85. The van der Waals surface area contributed by atoms with E-state index >= 15 is 0 Å². The first-order valence-electron chi connectivity index (χ1n) is 8.42. The number of carbonyl (C=O) groups is 1. The van der Waals surface area contributed by atoms with Crippen molar-refractivity contribution in [2.45, 2.75) is 44.6 Å². The van der Waals surface area contributed by atoms with E-state index in [0.29, 0.717) is 11.3 Å². The molecule has 0 aromatic heterocycles. The highest BCUT2D eigenvalue weighted by Gasteiger charge is 2.19. The number of ether oxygens (including phenoxy) is 1. The second-order valence-corrected chi connectivity index (χ2v) is 7.99. The van der Waals surface area contributed by atoms with Gasteiger partial charge in [0.15, 0.2) is 0 Å². The van der Waals surface area contributed by atoms with Gasteiger partial charge in [0.05, 0.1) is 12.9 Å². The van der Waals surface area contributed by atoms with E-state index in [1.165, 1.54) is 20.0 Å². The zero-order valence-corrected chi connectivity index (χ0v) is 14.9. The fourth-order valence-electron chi connectivity index (χ4n) is 2.88. The van der Waals surface area contributed by atoms with Gasteiger partial charge in [-0.2, -0.15) is 0 Å². The Kier molecular flexibility index (Phi) is 7.05. The van der Waals surface area contributed by atoms with Crippen LogP contribution in [0.2, 0.25) is 0 Å². The Morgan fingerprint density at radius 2 is 1.92 bits per heavy atom. The van der Waals surface area contributed by atoms with Crippen LogP contribution in [0.4, 0.5) is 0 Å². The van der Waals surface area contributed by atoms with Crippen molar-refractivity contribution in [3.63, 3.8) is 0 Å². The van der Waals surface area contributed by atoms with Gasteiger partial charge in [-0.05, 0) is 31.0 Å². The number of sulfonamides is 1. The third kappa shape index (κ3) is 6.13. The summed E-state index contributed by atoms with van der Waals surface area (Å²) < 4.78 is 32.1. The number of rotatable bonds is 7. The van der Waals surface area contributed by atoms with Gasteiger partial charge in [-0.1, -0.05) is 31.7 Å². The zero-order valence-electron chi connectivity index (χ0n) is 14.1. The van der Waals surface area contributed by atoms with Gasteiger partial charge in [0.1, 0.15) is 5.75 Å². The number of carbonyl (C=O) groups excluding carboxylic acids is 1. The molecule has 24 heavy (non-hydrogen) atoms. The van der Waals surface area contributed by atoms with Gasteiger partial charge >= 0.3 is 0 Å². The van der Waals surface area contributed by atoms with Crippen molar-refractivity contribution < 1.29 is 17.9 Å². The molecule has 0 heterocycles. The van der Waals surface area contributed by atoms with Gasteiger partial charge in [0.2, 0.25) is 10.0 Å². The van der Waals surface area contributed by atoms with Crippen LogP contribution in [-0.2, 0) is 10.0 Å². The molecule has 0 saturated heterocycles. The quantitative estimate of drug-likeness (QED) is 0.734. The maximum Gasteiger partial charge on any atom is 0.251 e. The third-order valence-corrected chi connectivity index (χ3v) is 5.62. The Balaban J connectivity index is 1.80. The second kappa shape index (κ2) is 9.03. The molecule has 1 aromatic rings. The molecule has 0 bridgehead atoms. The molecular formula is C17H26N2O4S. The summed E-state index contributed by atoms with van der Waals surface area (Å²) in [5, 5.41) is 2.64. The Bertz CT molecular complexity index is 638. The molecule has 134 valence electrons. The van der Waals surface area contributed by atoms with Gasteiger partial charge in [-0.25, -0.2) is 13.1 Å². The van der Waals surface area contributed by atoms with Gasteiger partial charge in [-0.3, -0.25) is 4.79 Å². The topological polar surface area (TPSA) is 84.5 Å². The van der Waals surface area contributed by atoms with Crippen molar-refractivity contribution in [3.8, 4) is 5.75 Å². The van der Waals surface area contributed by atoms with E-state index in [2.05, 4.69) is 10.0 Å². The third-order valence-electron chi connectivity index (χ3n) is 4.19. The van der Waals surface area contributed by atoms with Crippen molar-refractivity contribution >= 4 is 15.9 Å². The molecule has 1 aromatic carbocycles. The van der Waals surface area contributed by atoms with Gasteiger partial charge in [-0.15, -0.1) is 0 Å². The van der Waals surface area contributed by atoms with E-state index in [0.717, 1.165) is 25.7 Å². The largest absolute Gasteiger partial charge is 0.497 e. The summed E-state index contributed by atoms with van der Waals surface area (Å²) in [6, 6.07) is 6.78. The van der Waals surface area contributed by atoms with Crippen LogP contribution in [-0.4, -0.2) is 39.8 Å². The average Bonchev–Trinajstić information content (AvgIpc) is 2.82. The maximum absolute atomic E-state index is 12.1. The van der Waals surface area contributed by atoms with Gasteiger partial charge < -0.3 is 10.1 Å². The number of amides is 1. The average molecular weight is 354 g/mol. The van der Waals surface area contributed by atoms with Crippen LogP contribution in [0, 0.1) is 0 Å². The van der Waals surface area contributed by atoms with E-state index < -0.39 is 10.0 Å². The van der Waals surface area contributed by atoms with Crippen LogP contribution in [0.3, 0.4) is 0 Å². The first kappa shape index (κ1) is 18.7. The van der Waals surface area contributed by atoms with Crippen molar-refractivity contribution in [2.24, 2.45) is 0 Å². The maximum atomic E-state index is 12.1. The monoisotopic (exact) mass is 354 g/mol. The van der Waals surface area contributed by atoms with Crippen LogP contribution in [0.5, 0.6) is 5.75 Å². The molecular weight excluding hydrogens is 328 g/mol. The number of nitrogens with one attached hydrogen (secondary N) is 2. The molecule has 0 atom stereocenters. The smallest absolute Gasteiger partial charge is 0.251 e. The lowest BCUT2D eigenvalue weighted by Crippen LogP contribution is -2.39. The second-order valence-electron chi connectivity index (χ2n) is 6.11. The summed E-state index contributed by atoms with van der Waals surface area (Å²) in [4.78, 5) is 12.1.